The molecule has 0 spiro atoms. The maximum atomic E-state index is 10.6. The standard InChI is InChI=1S/C15H15ClN2O2/c16-14-3-1-2-11(9-14)8-13(10-17)12-4-6-15(7-5-12)18(19)20/h1-7,9,13H,8,10,17H2. The summed E-state index contributed by atoms with van der Waals surface area (Å²) in [5, 5.41) is 11.3. The molecule has 0 bridgehead atoms. The van der Waals surface area contributed by atoms with Gasteiger partial charge in [-0.2, -0.15) is 0 Å². The molecule has 0 amide bonds. The van der Waals surface area contributed by atoms with Crippen LogP contribution in [0.1, 0.15) is 17.0 Å². The molecule has 0 heterocycles. The molecule has 0 fully saturated rings. The Bertz CT molecular complexity index is 599. The fraction of sp³-hybridized carbons (Fsp3) is 0.200. The van der Waals surface area contributed by atoms with Crippen molar-refractivity contribution in [3.63, 3.8) is 0 Å². The summed E-state index contributed by atoms with van der Waals surface area (Å²) in [6.07, 6.45) is 0.759. The van der Waals surface area contributed by atoms with Crippen molar-refractivity contribution in [2.75, 3.05) is 6.54 Å². The number of rotatable bonds is 5. The van der Waals surface area contributed by atoms with Crippen LogP contribution in [0.15, 0.2) is 48.5 Å². The summed E-state index contributed by atoms with van der Waals surface area (Å²) in [4.78, 5) is 10.2. The van der Waals surface area contributed by atoms with Crippen LogP contribution in [0.5, 0.6) is 0 Å². The van der Waals surface area contributed by atoms with Gasteiger partial charge in [0.15, 0.2) is 0 Å². The smallest absolute Gasteiger partial charge is 0.269 e. The van der Waals surface area contributed by atoms with Crippen molar-refractivity contribution in [2.45, 2.75) is 12.3 Å². The van der Waals surface area contributed by atoms with Crippen molar-refractivity contribution in [3.8, 4) is 0 Å². The largest absolute Gasteiger partial charge is 0.330 e. The third-order valence-electron chi connectivity index (χ3n) is 3.23. The van der Waals surface area contributed by atoms with E-state index in [-0.39, 0.29) is 11.6 Å². The second-order valence-electron chi connectivity index (χ2n) is 4.62. The second kappa shape index (κ2) is 6.50. The minimum Gasteiger partial charge on any atom is -0.330 e. The van der Waals surface area contributed by atoms with Gasteiger partial charge in [0.2, 0.25) is 0 Å². The minimum absolute atomic E-state index is 0.0901. The molecule has 2 rings (SSSR count). The molecule has 1 unspecified atom stereocenters. The summed E-state index contributed by atoms with van der Waals surface area (Å²) in [7, 11) is 0. The maximum Gasteiger partial charge on any atom is 0.269 e. The molecule has 0 aliphatic carbocycles. The maximum absolute atomic E-state index is 10.6. The summed E-state index contributed by atoms with van der Waals surface area (Å²) in [6.45, 7) is 0.477. The van der Waals surface area contributed by atoms with E-state index in [2.05, 4.69) is 0 Å². The van der Waals surface area contributed by atoms with Crippen LogP contribution in [-0.4, -0.2) is 11.5 Å². The van der Waals surface area contributed by atoms with Gasteiger partial charge in [-0.25, -0.2) is 0 Å². The van der Waals surface area contributed by atoms with Crippen LogP contribution in [-0.2, 0) is 6.42 Å². The number of halogens is 1. The van der Waals surface area contributed by atoms with Crippen molar-refractivity contribution in [1.29, 1.82) is 0 Å². The lowest BCUT2D eigenvalue weighted by Gasteiger charge is -2.15. The third-order valence-corrected chi connectivity index (χ3v) is 3.47. The van der Waals surface area contributed by atoms with Gasteiger partial charge in [-0.3, -0.25) is 10.1 Å². The van der Waals surface area contributed by atoms with E-state index in [1.807, 2.05) is 24.3 Å². The first-order valence-corrected chi connectivity index (χ1v) is 6.67. The van der Waals surface area contributed by atoms with Crippen LogP contribution < -0.4 is 5.73 Å². The van der Waals surface area contributed by atoms with Gasteiger partial charge in [0.25, 0.3) is 5.69 Å². The van der Waals surface area contributed by atoms with Gasteiger partial charge < -0.3 is 5.73 Å². The van der Waals surface area contributed by atoms with Gasteiger partial charge in [0.1, 0.15) is 0 Å². The molecule has 0 aromatic heterocycles. The van der Waals surface area contributed by atoms with Gasteiger partial charge in [0, 0.05) is 23.1 Å². The van der Waals surface area contributed by atoms with Gasteiger partial charge in [0.05, 0.1) is 4.92 Å². The molecule has 2 aromatic carbocycles. The number of nitrogens with zero attached hydrogens (tertiary/aromatic N) is 1. The van der Waals surface area contributed by atoms with Crippen LogP contribution in [0.3, 0.4) is 0 Å². The molecule has 1 atom stereocenters. The lowest BCUT2D eigenvalue weighted by atomic mass is 9.92. The molecular formula is C15H15ClN2O2. The molecule has 0 saturated heterocycles. The Morgan fingerprint density at radius 1 is 1.20 bits per heavy atom. The van der Waals surface area contributed by atoms with E-state index in [0.29, 0.717) is 11.6 Å². The van der Waals surface area contributed by atoms with Gasteiger partial charge in [-0.1, -0.05) is 35.9 Å². The van der Waals surface area contributed by atoms with E-state index < -0.39 is 4.92 Å². The average Bonchev–Trinajstić information content (AvgIpc) is 2.45. The molecule has 104 valence electrons. The Kier molecular flexibility index (Phi) is 4.71. The van der Waals surface area contributed by atoms with E-state index >= 15 is 0 Å². The molecule has 4 nitrogen and oxygen atoms in total. The molecule has 0 saturated carbocycles. The van der Waals surface area contributed by atoms with Crippen LogP contribution in [0.2, 0.25) is 5.02 Å². The Hall–Kier alpha value is -1.91. The van der Waals surface area contributed by atoms with Crippen molar-refractivity contribution in [2.24, 2.45) is 5.73 Å². The molecule has 0 radical (unpaired) electrons. The number of nitro groups is 1. The average molecular weight is 291 g/mol. The number of hydrogen-bond donors (Lipinski definition) is 1. The van der Waals surface area contributed by atoms with Crippen LogP contribution in [0.25, 0.3) is 0 Å². The SMILES string of the molecule is NCC(Cc1cccc(Cl)c1)c1ccc([N+](=O)[O-])cc1. The van der Waals surface area contributed by atoms with Crippen LogP contribution >= 0.6 is 11.6 Å². The van der Waals surface area contributed by atoms with Crippen molar-refractivity contribution in [3.05, 3.63) is 74.8 Å². The first kappa shape index (κ1) is 14.5. The molecule has 2 N–H and O–H groups in total. The van der Waals surface area contributed by atoms with E-state index in [1.165, 1.54) is 12.1 Å². The predicted molar refractivity (Wildman–Crippen MR) is 80.0 cm³/mol. The molecule has 0 aliphatic rings. The lowest BCUT2D eigenvalue weighted by Crippen LogP contribution is -2.15. The topological polar surface area (TPSA) is 69.2 Å². The molecule has 5 heteroatoms. The second-order valence-corrected chi connectivity index (χ2v) is 5.05. The first-order chi connectivity index (χ1) is 9.60. The van der Waals surface area contributed by atoms with Crippen molar-refractivity contribution >= 4 is 17.3 Å². The predicted octanol–water partition coefficient (Wildman–Crippen LogP) is 3.53. The number of non-ortho nitro benzene ring substituents is 1. The summed E-state index contributed by atoms with van der Waals surface area (Å²) >= 11 is 5.97. The number of benzene rings is 2. The van der Waals surface area contributed by atoms with E-state index in [1.54, 1.807) is 12.1 Å². The highest BCUT2D eigenvalue weighted by Gasteiger charge is 2.13. The van der Waals surface area contributed by atoms with Crippen molar-refractivity contribution in [1.82, 2.24) is 0 Å². The number of nitrogens with two attached hydrogens (primary N) is 1. The minimum atomic E-state index is -0.405. The zero-order chi connectivity index (χ0) is 14.5. The zero-order valence-corrected chi connectivity index (χ0v) is 11.6. The highest BCUT2D eigenvalue weighted by atomic mass is 35.5. The Morgan fingerprint density at radius 3 is 2.45 bits per heavy atom. The fourth-order valence-corrected chi connectivity index (χ4v) is 2.37. The van der Waals surface area contributed by atoms with Gasteiger partial charge in [-0.05, 0) is 36.2 Å². The highest BCUT2D eigenvalue weighted by molar-refractivity contribution is 6.30. The Morgan fingerprint density at radius 2 is 1.90 bits per heavy atom. The summed E-state index contributed by atoms with van der Waals surface area (Å²) in [6, 6.07) is 14.2. The Labute approximate surface area is 122 Å². The summed E-state index contributed by atoms with van der Waals surface area (Å²) < 4.78 is 0. The van der Waals surface area contributed by atoms with E-state index in [0.717, 1.165) is 17.5 Å². The monoisotopic (exact) mass is 290 g/mol. The third kappa shape index (κ3) is 3.56. The molecule has 0 aliphatic heterocycles. The molecular weight excluding hydrogens is 276 g/mol. The first-order valence-electron chi connectivity index (χ1n) is 6.29. The van der Waals surface area contributed by atoms with E-state index in [9.17, 15) is 10.1 Å². The molecule has 20 heavy (non-hydrogen) atoms. The van der Waals surface area contributed by atoms with Crippen molar-refractivity contribution < 1.29 is 4.92 Å². The highest BCUT2D eigenvalue weighted by Crippen LogP contribution is 2.23. The van der Waals surface area contributed by atoms with Crippen LogP contribution in [0, 0.1) is 10.1 Å². The lowest BCUT2D eigenvalue weighted by molar-refractivity contribution is -0.384. The quantitative estimate of drug-likeness (QED) is 0.676. The van der Waals surface area contributed by atoms with E-state index in [4.69, 9.17) is 17.3 Å². The Balaban J connectivity index is 2.17. The van der Waals surface area contributed by atoms with Crippen LogP contribution in [0.4, 0.5) is 5.69 Å². The number of hydrogen-bond acceptors (Lipinski definition) is 3. The fourth-order valence-electron chi connectivity index (χ4n) is 2.15. The van der Waals surface area contributed by atoms with Gasteiger partial charge in [-0.15, -0.1) is 0 Å². The zero-order valence-electron chi connectivity index (χ0n) is 10.8. The molecule has 2 aromatic rings. The summed E-state index contributed by atoms with van der Waals surface area (Å²) in [5.74, 6) is 0.120. The van der Waals surface area contributed by atoms with Gasteiger partial charge >= 0.3 is 0 Å². The summed E-state index contributed by atoms with van der Waals surface area (Å²) in [5.41, 5.74) is 8.01. The normalized spacial score (nSPS) is 12.1. The number of nitro benzene ring substituents is 1.